The first-order chi connectivity index (χ1) is 7.84. The highest BCUT2D eigenvalue weighted by molar-refractivity contribution is 6.14. The van der Waals surface area contributed by atoms with Gasteiger partial charge in [-0.1, -0.05) is 0 Å². The van der Waals surface area contributed by atoms with Crippen molar-refractivity contribution in [3.05, 3.63) is 28.3 Å². The maximum atomic E-state index is 11.3. The third kappa shape index (κ3) is 2.57. The van der Waals surface area contributed by atoms with Crippen LogP contribution in [0.5, 0.6) is 0 Å². The van der Waals surface area contributed by atoms with Crippen LogP contribution in [0, 0.1) is 10.1 Å². The van der Waals surface area contributed by atoms with Crippen LogP contribution >= 0.6 is 0 Å². The molecule has 0 unspecified atom stereocenters. The van der Waals surface area contributed by atoms with Crippen molar-refractivity contribution in [3.8, 4) is 0 Å². The molecule has 0 saturated carbocycles. The summed E-state index contributed by atoms with van der Waals surface area (Å²) in [6.07, 6.45) is 0. The Balaban J connectivity index is 3.45. The lowest BCUT2D eigenvalue weighted by atomic mass is 10.2. The lowest BCUT2D eigenvalue weighted by molar-refractivity contribution is -0.384. The molecule has 0 aliphatic carbocycles. The molecule has 1 aromatic carbocycles. The van der Waals surface area contributed by atoms with Crippen LogP contribution in [-0.2, 0) is 9.59 Å². The standard InChI is InChI=1S/C10H11N3O4/c1-6(14)12(7(2)15)10-5-8(11)3-4-9(10)13(16)17/h3-5H,11H2,1-2H3. The second-order valence-corrected chi connectivity index (χ2v) is 3.38. The number of nitro benzene ring substituents is 1. The Hall–Kier alpha value is -2.44. The monoisotopic (exact) mass is 237 g/mol. The summed E-state index contributed by atoms with van der Waals surface area (Å²) in [5.74, 6) is -1.21. The van der Waals surface area contributed by atoms with E-state index in [0.29, 0.717) is 4.90 Å². The number of nitrogen functional groups attached to an aromatic ring is 1. The third-order valence-corrected chi connectivity index (χ3v) is 2.07. The minimum Gasteiger partial charge on any atom is -0.399 e. The molecule has 0 spiro atoms. The maximum absolute atomic E-state index is 11.3. The first kappa shape index (κ1) is 12.6. The zero-order valence-corrected chi connectivity index (χ0v) is 9.34. The number of benzene rings is 1. The zero-order valence-electron chi connectivity index (χ0n) is 9.34. The van der Waals surface area contributed by atoms with Crippen LogP contribution in [0.15, 0.2) is 18.2 Å². The molecule has 0 saturated heterocycles. The van der Waals surface area contributed by atoms with Crippen LogP contribution < -0.4 is 10.6 Å². The van der Waals surface area contributed by atoms with Crippen LogP contribution in [-0.4, -0.2) is 16.7 Å². The Morgan fingerprint density at radius 1 is 1.29 bits per heavy atom. The molecule has 0 heterocycles. The SMILES string of the molecule is CC(=O)N(C(C)=O)c1cc(N)ccc1[N+](=O)[O-]. The van der Waals surface area contributed by atoms with E-state index in [-0.39, 0.29) is 17.1 Å². The Morgan fingerprint density at radius 2 is 1.82 bits per heavy atom. The van der Waals surface area contributed by atoms with E-state index in [0.717, 1.165) is 19.9 Å². The van der Waals surface area contributed by atoms with Crippen molar-refractivity contribution in [3.63, 3.8) is 0 Å². The van der Waals surface area contributed by atoms with Gasteiger partial charge in [-0.05, 0) is 12.1 Å². The van der Waals surface area contributed by atoms with Gasteiger partial charge in [0.05, 0.1) is 4.92 Å². The number of imide groups is 1. The van der Waals surface area contributed by atoms with Crippen LogP contribution in [0.25, 0.3) is 0 Å². The molecule has 7 nitrogen and oxygen atoms in total. The van der Waals surface area contributed by atoms with Crippen molar-refractivity contribution < 1.29 is 14.5 Å². The van der Waals surface area contributed by atoms with Gasteiger partial charge in [-0.15, -0.1) is 0 Å². The summed E-state index contributed by atoms with van der Waals surface area (Å²) in [6, 6.07) is 3.71. The molecule has 0 radical (unpaired) electrons. The summed E-state index contributed by atoms with van der Waals surface area (Å²) in [5, 5.41) is 10.8. The van der Waals surface area contributed by atoms with E-state index in [9.17, 15) is 19.7 Å². The number of rotatable bonds is 2. The number of hydrogen-bond donors (Lipinski definition) is 1. The predicted octanol–water partition coefficient (Wildman–Crippen LogP) is 1.08. The third-order valence-electron chi connectivity index (χ3n) is 2.07. The molecule has 0 bridgehead atoms. The number of nitro groups is 1. The minimum absolute atomic E-state index is 0.116. The second-order valence-electron chi connectivity index (χ2n) is 3.38. The van der Waals surface area contributed by atoms with Crippen molar-refractivity contribution >= 4 is 28.9 Å². The van der Waals surface area contributed by atoms with Crippen LogP contribution in [0.1, 0.15) is 13.8 Å². The van der Waals surface area contributed by atoms with E-state index in [1.54, 1.807) is 0 Å². The lowest BCUT2D eigenvalue weighted by Gasteiger charge is -2.17. The smallest absolute Gasteiger partial charge is 0.293 e. The molecule has 2 N–H and O–H groups in total. The number of amides is 2. The summed E-state index contributed by atoms with van der Waals surface area (Å²) in [4.78, 5) is 33.5. The topological polar surface area (TPSA) is 107 Å². The van der Waals surface area contributed by atoms with Gasteiger partial charge >= 0.3 is 0 Å². The fraction of sp³-hybridized carbons (Fsp3) is 0.200. The van der Waals surface area contributed by atoms with E-state index in [2.05, 4.69) is 0 Å². The molecule has 0 aromatic heterocycles. The molecular formula is C10H11N3O4. The number of hydrogen-bond acceptors (Lipinski definition) is 5. The Bertz CT molecular complexity index is 484. The van der Waals surface area contributed by atoms with Crippen LogP contribution in [0.3, 0.4) is 0 Å². The van der Waals surface area contributed by atoms with Gasteiger partial charge in [-0.3, -0.25) is 19.7 Å². The molecule has 1 aromatic rings. The number of nitrogens with two attached hydrogens (primary N) is 1. The van der Waals surface area contributed by atoms with Gasteiger partial charge in [0, 0.05) is 25.6 Å². The van der Waals surface area contributed by atoms with E-state index >= 15 is 0 Å². The molecule has 90 valence electrons. The number of carbonyl (C=O) groups excluding carboxylic acids is 2. The quantitative estimate of drug-likeness (QED) is 0.470. The molecule has 2 amide bonds. The Morgan fingerprint density at radius 3 is 2.24 bits per heavy atom. The van der Waals surface area contributed by atoms with Crippen LogP contribution in [0.4, 0.5) is 17.1 Å². The second kappa shape index (κ2) is 4.60. The van der Waals surface area contributed by atoms with Gasteiger partial charge < -0.3 is 5.73 Å². The average Bonchev–Trinajstić information content (AvgIpc) is 2.15. The van der Waals surface area contributed by atoms with Gasteiger partial charge in [-0.25, -0.2) is 4.90 Å². The molecule has 0 aliphatic heterocycles. The number of carbonyl (C=O) groups is 2. The first-order valence-corrected chi connectivity index (χ1v) is 4.69. The highest BCUT2D eigenvalue weighted by Crippen LogP contribution is 2.30. The van der Waals surface area contributed by atoms with Crippen molar-refractivity contribution in [1.82, 2.24) is 0 Å². The van der Waals surface area contributed by atoms with Crippen molar-refractivity contribution in [2.24, 2.45) is 0 Å². The average molecular weight is 237 g/mol. The van der Waals surface area contributed by atoms with Crippen molar-refractivity contribution in [1.29, 1.82) is 0 Å². The summed E-state index contributed by atoms with van der Waals surface area (Å²) >= 11 is 0. The molecule has 1 rings (SSSR count). The number of anilines is 2. The normalized spacial score (nSPS) is 9.76. The zero-order chi connectivity index (χ0) is 13.2. The highest BCUT2D eigenvalue weighted by Gasteiger charge is 2.25. The fourth-order valence-electron chi connectivity index (χ4n) is 1.43. The molecule has 0 fully saturated rings. The highest BCUT2D eigenvalue weighted by atomic mass is 16.6. The predicted molar refractivity (Wildman–Crippen MR) is 61.3 cm³/mol. The minimum atomic E-state index is -0.673. The van der Waals surface area contributed by atoms with E-state index in [1.165, 1.54) is 12.1 Å². The fourth-order valence-corrected chi connectivity index (χ4v) is 1.43. The molecule has 7 heteroatoms. The van der Waals surface area contributed by atoms with Crippen LogP contribution in [0.2, 0.25) is 0 Å². The molecule has 17 heavy (non-hydrogen) atoms. The summed E-state index contributed by atoms with van der Waals surface area (Å²) in [5.41, 5.74) is 5.27. The lowest BCUT2D eigenvalue weighted by Crippen LogP contribution is -2.33. The Labute approximate surface area is 97.0 Å². The largest absolute Gasteiger partial charge is 0.399 e. The van der Waals surface area contributed by atoms with E-state index < -0.39 is 16.7 Å². The summed E-state index contributed by atoms with van der Waals surface area (Å²) < 4.78 is 0. The molecule has 0 atom stereocenters. The number of nitrogens with zero attached hydrogens (tertiary/aromatic N) is 2. The molecular weight excluding hydrogens is 226 g/mol. The van der Waals surface area contributed by atoms with Gasteiger partial charge in [-0.2, -0.15) is 0 Å². The summed E-state index contributed by atoms with van der Waals surface area (Å²) in [7, 11) is 0. The van der Waals surface area contributed by atoms with Gasteiger partial charge in [0.15, 0.2) is 0 Å². The van der Waals surface area contributed by atoms with Gasteiger partial charge in [0.25, 0.3) is 5.69 Å². The van der Waals surface area contributed by atoms with Crippen molar-refractivity contribution in [2.75, 3.05) is 10.6 Å². The van der Waals surface area contributed by atoms with Gasteiger partial charge in [0.2, 0.25) is 11.8 Å². The van der Waals surface area contributed by atoms with Gasteiger partial charge in [0.1, 0.15) is 5.69 Å². The Kier molecular flexibility index (Phi) is 3.42. The van der Waals surface area contributed by atoms with Crippen molar-refractivity contribution in [2.45, 2.75) is 13.8 Å². The summed E-state index contributed by atoms with van der Waals surface area (Å²) in [6.45, 7) is 2.29. The maximum Gasteiger partial charge on any atom is 0.293 e. The first-order valence-electron chi connectivity index (χ1n) is 4.69. The van der Waals surface area contributed by atoms with E-state index in [4.69, 9.17) is 5.73 Å². The van der Waals surface area contributed by atoms with E-state index in [1.807, 2.05) is 0 Å². The molecule has 0 aliphatic rings.